The second kappa shape index (κ2) is 6.48. The lowest BCUT2D eigenvalue weighted by atomic mass is 9.87. The fourth-order valence-corrected chi connectivity index (χ4v) is 3.66. The van der Waals surface area contributed by atoms with E-state index in [9.17, 15) is 9.18 Å². The molecule has 1 fully saturated rings. The van der Waals surface area contributed by atoms with Crippen LogP contribution >= 0.6 is 0 Å². The number of amides is 1. The number of carbonyl (C=O) groups is 1. The molecule has 0 bridgehead atoms. The third-order valence-corrected chi connectivity index (χ3v) is 5.06. The van der Waals surface area contributed by atoms with Crippen molar-refractivity contribution in [1.29, 1.82) is 0 Å². The Kier molecular flexibility index (Phi) is 4.17. The maximum absolute atomic E-state index is 13.0. The lowest BCUT2D eigenvalue weighted by molar-refractivity contribution is -0.121. The van der Waals surface area contributed by atoms with Gasteiger partial charge in [0.25, 0.3) is 0 Å². The zero-order valence-electron chi connectivity index (χ0n) is 14.0. The van der Waals surface area contributed by atoms with Crippen LogP contribution in [-0.2, 0) is 11.3 Å². The summed E-state index contributed by atoms with van der Waals surface area (Å²) in [4.78, 5) is 14.6. The molecule has 0 aliphatic carbocycles. The van der Waals surface area contributed by atoms with Crippen molar-refractivity contribution in [3.8, 4) is 5.75 Å². The van der Waals surface area contributed by atoms with Crippen LogP contribution in [0.4, 0.5) is 10.1 Å². The van der Waals surface area contributed by atoms with Crippen LogP contribution in [0.15, 0.2) is 48.5 Å². The summed E-state index contributed by atoms with van der Waals surface area (Å²) in [5.74, 6) is 0.551. The van der Waals surface area contributed by atoms with Crippen LogP contribution in [0.25, 0.3) is 0 Å². The van der Waals surface area contributed by atoms with Crippen molar-refractivity contribution in [3.63, 3.8) is 0 Å². The Bertz CT molecular complexity index is 768. The molecule has 2 aromatic carbocycles. The summed E-state index contributed by atoms with van der Waals surface area (Å²) < 4.78 is 19.3. The number of carbonyl (C=O) groups excluding carboxylic acids is 1. The van der Waals surface area contributed by atoms with Crippen molar-refractivity contribution in [2.24, 2.45) is 0 Å². The van der Waals surface area contributed by atoms with Crippen LogP contribution in [-0.4, -0.2) is 29.5 Å². The largest absolute Gasteiger partial charge is 0.484 e. The molecule has 0 unspecified atom stereocenters. The highest BCUT2D eigenvalue weighted by Gasteiger charge is 2.40. The highest BCUT2D eigenvalue weighted by atomic mass is 19.1. The maximum Gasteiger partial charge on any atom is 0.228 e. The van der Waals surface area contributed by atoms with E-state index in [1.54, 1.807) is 0 Å². The van der Waals surface area contributed by atoms with Crippen LogP contribution in [0.2, 0.25) is 0 Å². The molecule has 0 saturated carbocycles. The molecule has 1 N–H and O–H groups in total. The predicted octanol–water partition coefficient (Wildman–Crippen LogP) is 3.58. The van der Waals surface area contributed by atoms with Crippen molar-refractivity contribution in [2.75, 3.05) is 18.4 Å². The number of rotatable bonds is 2. The molecule has 1 amide bonds. The number of benzene rings is 2. The first-order valence-corrected chi connectivity index (χ1v) is 8.67. The molecule has 1 spiro atoms. The van der Waals surface area contributed by atoms with Gasteiger partial charge in [-0.2, -0.15) is 0 Å². The number of piperidine rings is 1. The molecule has 130 valence electrons. The number of fused-ring (bicyclic) bond motifs is 1. The fraction of sp³-hybridized carbons (Fsp3) is 0.350. The minimum Gasteiger partial charge on any atom is -0.484 e. The van der Waals surface area contributed by atoms with Gasteiger partial charge in [-0.15, -0.1) is 0 Å². The van der Waals surface area contributed by atoms with Crippen LogP contribution < -0.4 is 10.1 Å². The number of halogens is 1. The second-order valence-corrected chi connectivity index (χ2v) is 6.91. The molecule has 0 radical (unpaired) electrons. The van der Waals surface area contributed by atoms with Crippen molar-refractivity contribution in [1.82, 2.24) is 4.90 Å². The molecule has 1 saturated heterocycles. The van der Waals surface area contributed by atoms with E-state index in [4.69, 9.17) is 4.74 Å². The van der Waals surface area contributed by atoms with Crippen molar-refractivity contribution in [2.45, 2.75) is 31.4 Å². The highest BCUT2D eigenvalue weighted by molar-refractivity contribution is 5.93. The average Bonchev–Trinajstić information content (AvgIpc) is 2.74. The first-order chi connectivity index (χ1) is 12.1. The third kappa shape index (κ3) is 3.51. The van der Waals surface area contributed by atoms with E-state index in [1.165, 1.54) is 12.1 Å². The van der Waals surface area contributed by atoms with Crippen molar-refractivity contribution in [3.05, 3.63) is 59.9 Å². The fourth-order valence-electron chi connectivity index (χ4n) is 3.66. The summed E-state index contributed by atoms with van der Waals surface area (Å²) in [5.41, 5.74) is 1.41. The standard InChI is InChI=1S/C20H21FN2O2/c21-16-7-5-15(6-8-16)14-23-11-9-20(10-12-23)13-19(24)22-17-3-1-2-4-18(17)25-20/h1-8H,9-14H2,(H,22,24). The Morgan fingerprint density at radius 3 is 2.56 bits per heavy atom. The van der Waals surface area contributed by atoms with Crippen molar-refractivity contribution < 1.29 is 13.9 Å². The number of hydrogen-bond donors (Lipinski definition) is 1. The summed E-state index contributed by atoms with van der Waals surface area (Å²) in [6, 6.07) is 14.2. The van der Waals surface area contributed by atoms with E-state index >= 15 is 0 Å². The molecule has 25 heavy (non-hydrogen) atoms. The monoisotopic (exact) mass is 340 g/mol. The lowest BCUT2D eigenvalue weighted by Crippen LogP contribution is -2.48. The summed E-state index contributed by atoms with van der Waals surface area (Å²) >= 11 is 0. The Morgan fingerprint density at radius 1 is 1.08 bits per heavy atom. The Morgan fingerprint density at radius 2 is 1.80 bits per heavy atom. The third-order valence-electron chi connectivity index (χ3n) is 5.06. The normalized spacial score (nSPS) is 19.6. The Labute approximate surface area is 146 Å². The van der Waals surface area contributed by atoms with Gasteiger partial charge in [-0.3, -0.25) is 9.69 Å². The van der Waals surface area contributed by atoms with E-state index in [0.717, 1.165) is 49.5 Å². The summed E-state index contributed by atoms with van der Waals surface area (Å²) in [5, 5.41) is 2.94. The molecule has 2 aromatic rings. The molecular weight excluding hydrogens is 319 g/mol. The van der Waals surface area contributed by atoms with Gasteiger partial charge in [0, 0.05) is 32.5 Å². The number of nitrogens with one attached hydrogen (secondary N) is 1. The number of anilines is 1. The summed E-state index contributed by atoms with van der Waals surface area (Å²) in [7, 11) is 0. The molecular formula is C20H21FN2O2. The van der Waals surface area contributed by atoms with Crippen molar-refractivity contribution >= 4 is 11.6 Å². The number of ether oxygens (including phenoxy) is 1. The number of likely N-dealkylation sites (tertiary alicyclic amines) is 1. The van der Waals surface area contributed by atoms with E-state index in [1.807, 2.05) is 36.4 Å². The number of nitrogens with zero attached hydrogens (tertiary/aromatic N) is 1. The molecule has 5 heteroatoms. The number of hydrogen-bond acceptors (Lipinski definition) is 3. The molecule has 0 atom stereocenters. The van der Waals surface area contributed by atoms with Gasteiger partial charge < -0.3 is 10.1 Å². The van der Waals surface area contributed by atoms with Crippen LogP contribution in [0, 0.1) is 5.82 Å². The Balaban J connectivity index is 1.45. The highest BCUT2D eigenvalue weighted by Crippen LogP contribution is 2.38. The van der Waals surface area contributed by atoms with Gasteiger partial charge in [0.05, 0.1) is 12.1 Å². The second-order valence-electron chi connectivity index (χ2n) is 6.91. The first kappa shape index (κ1) is 16.1. The molecule has 4 rings (SSSR count). The van der Waals surface area contributed by atoms with E-state index in [0.29, 0.717) is 6.42 Å². The van der Waals surface area contributed by atoms with E-state index in [2.05, 4.69) is 10.2 Å². The smallest absolute Gasteiger partial charge is 0.228 e. The molecule has 2 heterocycles. The lowest BCUT2D eigenvalue weighted by Gasteiger charge is -2.40. The minimum absolute atomic E-state index is 0.0111. The van der Waals surface area contributed by atoms with Gasteiger partial charge in [0.2, 0.25) is 5.91 Å². The van der Waals surface area contributed by atoms with Gasteiger partial charge in [-0.05, 0) is 29.8 Å². The minimum atomic E-state index is -0.435. The summed E-state index contributed by atoms with van der Waals surface area (Å²) in [6.45, 7) is 2.50. The topological polar surface area (TPSA) is 41.6 Å². The van der Waals surface area contributed by atoms with Gasteiger partial charge in [0.15, 0.2) is 0 Å². The molecule has 0 aromatic heterocycles. The maximum atomic E-state index is 13.0. The zero-order valence-corrected chi connectivity index (χ0v) is 14.0. The predicted molar refractivity (Wildman–Crippen MR) is 94.0 cm³/mol. The number of para-hydroxylation sites is 2. The molecule has 4 nitrogen and oxygen atoms in total. The van der Waals surface area contributed by atoms with Crippen LogP contribution in [0.3, 0.4) is 0 Å². The van der Waals surface area contributed by atoms with Gasteiger partial charge in [-0.1, -0.05) is 24.3 Å². The quantitative estimate of drug-likeness (QED) is 0.908. The SMILES string of the molecule is O=C1CC2(CCN(Cc3ccc(F)cc3)CC2)Oc2ccccc2N1. The van der Waals surface area contributed by atoms with E-state index < -0.39 is 5.60 Å². The zero-order chi connectivity index (χ0) is 17.3. The Hall–Kier alpha value is -2.40. The van der Waals surface area contributed by atoms with Gasteiger partial charge >= 0.3 is 0 Å². The molecule has 2 aliphatic rings. The van der Waals surface area contributed by atoms with Gasteiger partial charge in [-0.25, -0.2) is 4.39 Å². The van der Waals surface area contributed by atoms with Crippen LogP contribution in [0.1, 0.15) is 24.8 Å². The summed E-state index contributed by atoms with van der Waals surface area (Å²) in [6.07, 6.45) is 1.98. The van der Waals surface area contributed by atoms with Crippen LogP contribution in [0.5, 0.6) is 5.75 Å². The average molecular weight is 340 g/mol. The molecule has 2 aliphatic heterocycles. The van der Waals surface area contributed by atoms with Gasteiger partial charge in [0.1, 0.15) is 17.2 Å². The van der Waals surface area contributed by atoms with E-state index in [-0.39, 0.29) is 11.7 Å². The first-order valence-electron chi connectivity index (χ1n) is 8.67.